The molecule has 2 N–H and O–H groups in total. The summed E-state index contributed by atoms with van der Waals surface area (Å²) in [6.07, 6.45) is 3.44. The van der Waals surface area contributed by atoms with Crippen LogP contribution in [0.4, 0.5) is 0 Å². The molecule has 1 aromatic rings. The van der Waals surface area contributed by atoms with Gasteiger partial charge >= 0.3 is 5.97 Å². The van der Waals surface area contributed by atoms with Crippen LogP contribution in [0.5, 0.6) is 0 Å². The van der Waals surface area contributed by atoms with Crippen molar-refractivity contribution < 1.29 is 15.0 Å². The molecule has 0 unspecified atom stereocenters. The van der Waals surface area contributed by atoms with Crippen LogP contribution in [0.25, 0.3) is 0 Å². The summed E-state index contributed by atoms with van der Waals surface area (Å²) in [5, 5.41) is 17.8. The predicted molar refractivity (Wildman–Crippen MR) is 66.3 cm³/mol. The summed E-state index contributed by atoms with van der Waals surface area (Å²) >= 11 is 0. The topological polar surface area (TPSA) is 73.7 Å². The first-order valence-electron chi connectivity index (χ1n) is 6.20. The SMILES string of the molecule is O=C(O)c1ccc(CN2CCC(CO)CC2)nc1. The molecule has 1 aliphatic rings. The van der Waals surface area contributed by atoms with Crippen molar-refractivity contribution in [2.24, 2.45) is 5.92 Å². The molecule has 5 heteroatoms. The van der Waals surface area contributed by atoms with E-state index in [0.717, 1.165) is 38.2 Å². The monoisotopic (exact) mass is 250 g/mol. The Morgan fingerprint density at radius 2 is 2.11 bits per heavy atom. The second-order valence-corrected chi connectivity index (χ2v) is 4.75. The molecule has 0 radical (unpaired) electrons. The molecule has 0 aliphatic carbocycles. The molecule has 98 valence electrons. The zero-order chi connectivity index (χ0) is 13.0. The number of aromatic carboxylic acids is 1. The van der Waals surface area contributed by atoms with Crippen LogP contribution in [0.2, 0.25) is 0 Å². The van der Waals surface area contributed by atoms with Crippen LogP contribution < -0.4 is 0 Å². The van der Waals surface area contributed by atoms with E-state index >= 15 is 0 Å². The molecule has 5 nitrogen and oxygen atoms in total. The summed E-state index contributed by atoms with van der Waals surface area (Å²) in [5.41, 5.74) is 1.11. The quantitative estimate of drug-likeness (QED) is 0.833. The summed E-state index contributed by atoms with van der Waals surface area (Å²) in [5.74, 6) is -0.513. The molecule has 2 rings (SSSR count). The van der Waals surface area contributed by atoms with E-state index in [-0.39, 0.29) is 12.2 Å². The molecular formula is C13H18N2O3. The summed E-state index contributed by atoms with van der Waals surface area (Å²) in [6.45, 7) is 2.96. The van der Waals surface area contributed by atoms with E-state index in [0.29, 0.717) is 5.92 Å². The first kappa shape index (κ1) is 13.0. The van der Waals surface area contributed by atoms with Crippen LogP contribution in [-0.4, -0.2) is 45.8 Å². The van der Waals surface area contributed by atoms with Crippen LogP contribution in [0, 0.1) is 5.92 Å². The number of aliphatic hydroxyl groups excluding tert-OH is 1. The van der Waals surface area contributed by atoms with Crippen LogP contribution in [-0.2, 0) is 6.54 Å². The minimum absolute atomic E-state index is 0.220. The van der Waals surface area contributed by atoms with Crippen molar-refractivity contribution in [3.63, 3.8) is 0 Å². The Bertz CT molecular complexity index is 397. The first-order valence-corrected chi connectivity index (χ1v) is 6.20. The van der Waals surface area contributed by atoms with Gasteiger partial charge in [-0.3, -0.25) is 9.88 Å². The number of carboxylic acid groups (broad SMARTS) is 1. The zero-order valence-corrected chi connectivity index (χ0v) is 10.2. The van der Waals surface area contributed by atoms with Gasteiger partial charge in [-0.2, -0.15) is 0 Å². The van der Waals surface area contributed by atoms with Gasteiger partial charge in [0.2, 0.25) is 0 Å². The number of carboxylic acids is 1. The Kier molecular flexibility index (Phi) is 4.28. The number of hydrogen-bond donors (Lipinski definition) is 2. The van der Waals surface area contributed by atoms with Gasteiger partial charge in [0.25, 0.3) is 0 Å². The highest BCUT2D eigenvalue weighted by Gasteiger charge is 2.18. The lowest BCUT2D eigenvalue weighted by Gasteiger charge is -2.30. The highest BCUT2D eigenvalue weighted by atomic mass is 16.4. The molecule has 1 aromatic heterocycles. The molecule has 0 bridgehead atoms. The Morgan fingerprint density at radius 3 is 2.61 bits per heavy atom. The van der Waals surface area contributed by atoms with Crippen molar-refractivity contribution in [1.82, 2.24) is 9.88 Å². The number of aliphatic hydroxyl groups is 1. The maximum Gasteiger partial charge on any atom is 0.337 e. The van der Waals surface area contributed by atoms with E-state index in [1.54, 1.807) is 12.1 Å². The molecule has 0 spiro atoms. The lowest BCUT2D eigenvalue weighted by Crippen LogP contribution is -2.34. The number of likely N-dealkylation sites (tertiary alicyclic amines) is 1. The Hall–Kier alpha value is -1.46. The van der Waals surface area contributed by atoms with Gasteiger partial charge in [0.05, 0.1) is 11.3 Å². The van der Waals surface area contributed by atoms with E-state index in [1.165, 1.54) is 6.20 Å². The standard InChI is InChI=1S/C13H18N2O3/c16-9-10-3-5-15(6-4-10)8-12-2-1-11(7-14-12)13(17)18/h1-2,7,10,16H,3-6,8-9H2,(H,17,18). The van der Waals surface area contributed by atoms with Crippen LogP contribution >= 0.6 is 0 Å². The summed E-state index contributed by atoms with van der Waals surface area (Å²) in [4.78, 5) is 17.1. The van der Waals surface area contributed by atoms with Crippen LogP contribution in [0.1, 0.15) is 28.9 Å². The molecule has 1 fully saturated rings. The van der Waals surface area contributed by atoms with Crippen LogP contribution in [0.3, 0.4) is 0 Å². The number of carbonyl (C=O) groups is 1. The van der Waals surface area contributed by atoms with Crippen LogP contribution in [0.15, 0.2) is 18.3 Å². The number of rotatable bonds is 4. The molecular weight excluding hydrogens is 232 g/mol. The highest BCUT2D eigenvalue weighted by Crippen LogP contribution is 2.17. The van der Waals surface area contributed by atoms with Crippen molar-refractivity contribution in [2.75, 3.05) is 19.7 Å². The molecule has 0 amide bonds. The smallest absolute Gasteiger partial charge is 0.337 e. The maximum absolute atomic E-state index is 10.7. The van der Waals surface area contributed by atoms with E-state index in [2.05, 4.69) is 9.88 Å². The van der Waals surface area contributed by atoms with Gasteiger partial charge in [-0.05, 0) is 44.0 Å². The summed E-state index contributed by atoms with van der Waals surface area (Å²) < 4.78 is 0. The lowest BCUT2D eigenvalue weighted by atomic mass is 9.98. The Labute approximate surface area is 106 Å². The molecule has 0 aromatic carbocycles. The van der Waals surface area contributed by atoms with Crippen molar-refractivity contribution >= 4 is 5.97 Å². The third kappa shape index (κ3) is 3.27. The van der Waals surface area contributed by atoms with Crippen molar-refractivity contribution in [1.29, 1.82) is 0 Å². The predicted octanol–water partition coefficient (Wildman–Crippen LogP) is 0.984. The van der Waals surface area contributed by atoms with E-state index in [9.17, 15) is 4.79 Å². The lowest BCUT2D eigenvalue weighted by molar-refractivity contribution is 0.0696. The molecule has 0 saturated carbocycles. The summed E-state index contributed by atoms with van der Waals surface area (Å²) in [7, 11) is 0. The number of nitrogens with zero attached hydrogens (tertiary/aromatic N) is 2. The van der Waals surface area contributed by atoms with Gasteiger partial charge in [0, 0.05) is 19.3 Å². The molecule has 1 saturated heterocycles. The fourth-order valence-electron chi connectivity index (χ4n) is 2.20. The molecule has 18 heavy (non-hydrogen) atoms. The Balaban J connectivity index is 1.88. The maximum atomic E-state index is 10.7. The average molecular weight is 250 g/mol. The van der Waals surface area contributed by atoms with Gasteiger partial charge in [0.15, 0.2) is 0 Å². The largest absolute Gasteiger partial charge is 0.478 e. The molecule has 1 aliphatic heterocycles. The first-order chi connectivity index (χ1) is 8.69. The molecule has 2 heterocycles. The van der Waals surface area contributed by atoms with Crippen molar-refractivity contribution in [2.45, 2.75) is 19.4 Å². The highest BCUT2D eigenvalue weighted by molar-refractivity contribution is 5.87. The minimum atomic E-state index is -0.946. The number of hydrogen-bond acceptors (Lipinski definition) is 4. The van der Waals surface area contributed by atoms with Crippen molar-refractivity contribution in [3.8, 4) is 0 Å². The number of piperidine rings is 1. The summed E-state index contributed by atoms with van der Waals surface area (Å²) in [6, 6.07) is 3.35. The fourth-order valence-corrected chi connectivity index (χ4v) is 2.20. The zero-order valence-electron chi connectivity index (χ0n) is 10.2. The van der Waals surface area contributed by atoms with E-state index < -0.39 is 5.97 Å². The van der Waals surface area contributed by atoms with Gasteiger partial charge in [-0.1, -0.05) is 0 Å². The van der Waals surface area contributed by atoms with Gasteiger partial charge < -0.3 is 10.2 Å². The normalized spacial score (nSPS) is 17.8. The average Bonchev–Trinajstić information content (AvgIpc) is 2.40. The number of pyridine rings is 1. The van der Waals surface area contributed by atoms with Gasteiger partial charge in [-0.15, -0.1) is 0 Å². The second kappa shape index (κ2) is 5.93. The third-order valence-corrected chi connectivity index (χ3v) is 3.42. The van der Waals surface area contributed by atoms with Gasteiger partial charge in [0.1, 0.15) is 0 Å². The Morgan fingerprint density at radius 1 is 1.39 bits per heavy atom. The van der Waals surface area contributed by atoms with Crippen molar-refractivity contribution in [3.05, 3.63) is 29.6 Å². The fraction of sp³-hybridized carbons (Fsp3) is 0.538. The number of aromatic nitrogens is 1. The van der Waals surface area contributed by atoms with E-state index in [1.807, 2.05) is 0 Å². The second-order valence-electron chi connectivity index (χ2n) is 4.75. The minimum Gasteiger partial charge on any atom is -0.478 e. The van der Waals surface area contributed by atoms with E-state index in [4.69, 9.17) is 10.2 Å². The van der Waals surface area contributed by atoms with Gasteiger partial charge in [-0.25, -0.2) is 4.79 Å². The molecule has 0 atom stereocenters. The third-order valence-electron chi connectivity index (χ3n) is 3.42.